The summed E-state index contributed by atoms with van der Waals surface area (Å²) in [5.74, 6) is 0. The molecule has 0 atom stereocenters. The largest absolute Gasteiger partial charge is 1.00 e. The smallest absolute Gasteiger partial charge is 1.00 e. The van der Waals surface area contributed by atoms with E-state index in [1.54, 1.807) is 13.5 Å². The summed E-state index contributed by atoms with van der Waals surface area (Å²) in [6.45, 7) is 0. The zero-order valence-corrected chi connectivity index (χ0v) is 14.3. The summed E-state index contributed by atoms with van der Waals surface area (Å²) >= 11 is 3.91. The molecule has 0 amide bonds. The van der Waals surface area contributed by atoms with Crippen LogP contribution in [0.3, 0.4) is 0 Å². The molecule has 0 aliphatic carbocycles. The quantitative estimate of drug-likeness (QED) is 0.207. The van der Waals surface area contributed by atoms with Crippen molar-refractivity contribution in [3.05, 3.63) is 0 Å². The molecule has 0 aromatic rings. The summed E-state index contributed by atoms with van der Waals surface area (Å²) in [6, 6.07) is 0. The maximum absolute atomic E-state index is 5.13. The van der Waals surface area contributed by atoms with Crippen LogP contribution in [-0.4, -0.2) is 84.8 Å². The fourth-order valence-electron chi connectivity index (χ4n) is 0.563. The van der Waals surface area contributed by atoms with E-state index in [9.17, 15) is 0 Å². The summed E-state index contributed by atoms with van der Waals surface area (Å²) in [5.41, 5.74) is 0. The minimum Gasteiger partial charge on any atom is -1.00 e. The molecule has 15 heteroatoms. The van der Waals surface area contributed by atoms with Crippen LogP contribution in [0.2, 0.25) is 0 Å². The van der Waals surface area contributed by atoms with Crippen molar-refractivity contribution < 1.29 is 62.0 Å². The summed E-state index contributed by atoms with van der Waals surface area (Å²) in [7, 11) is 23.6. The number of hydrogen-bond acceptors (Lipinski definition) is 1. The van der Waals surface area contributed by atoms with Gasteiger partial charge in [-0.3, -0.25) is 0 Å². The SMILES string of the molecule is [B][B][B][B][B][B][B][B][B][B][B][B]S.[H-].[H-].[Na+].[Na+]. The molecule has 15 heavy (non-hydrogen) atoms. The Balaban J connectivity index is -0.000000120. The number of hydrogen-bond donors (Lipinski definition) is 1. The molecular weight excluding hydrogens is 208 g/mol. The first-order valence-electron chi connectivity index (χ1n) is 3.92. The van der Waals surface area contributed by atoms with Crippen LogP contribution in [0, 0.1) is 0 Å². The van der Waals surface area contributed by atoms with E-state index in [-0.39, 0.29) is 62.0 Å². The fourth-order valence-corrected chi connectivity index (χ4v) is 0.662. The van der Waals surface area contributed by atoms with Gasteiger partial charge in [0.25, 0.3) is 0 Å². The minimum absolute atomic E-state index is 0. The van der Waals surface area contributed by atoms with Gasteiger partial charge in [-0.05, 0) is 0 Å². The molecule has 13 radical (unpaired) electrons. The van der Waals surface area contributed by atoms with Crippen molar-refractivity contribution in [1.82, 2.24) is 0 Å². The molecule has 0 fully saturated rings. The van der Waals surface area contributed by atoms with E-state index in [1.165, 1.54) is 7.06 Å². The summed E-state index contributed by atoms with van der Waals surface area (Å²) < 4.78 is 0. The Morgan fingerprint density at radius 1 is 0.667 bits per heavy atom. The van der Waals surface area contributed by atoms with Gasteiger partial charge in [-0.1, -0.05) is 0 Å². The summed E-state index contributed by atoms with van der Waals surface area (Å²) in [4.78, 5) is 0. The fraction of sp³-hybridized carbons (Fsp3) is 0. The van der Waals surface area contributed by atoms with Crippen LogP contribution in [-0.2, 0) is 0 Å². The van der Waals surface area contributed by atoms with E-state index in [4.69, 9.17) is 7.74 Å². The summed E-state index contributed by atoms with van der Waals surface area (Å²) in [6.07, 6.45) is 1.68. The van der Waals surface area contributed by atoms with Crippen molar-refractivity contribution in [2.75, 3.05) is 0 Å². The second-order valence-corrected chi connectivity index (χ2v) is 2.37. The van der Waals surface area contributed by atoms with E-state index in [1.807, 2.05) is 56.5 Å². The zero-order chi connectivity index (χ0) is 9.78. The van der Waals surface area contributed by atoms with Gasteiger partial charge < -0.3 is 2.85 Å². The Morgan fingerprint density at radius 2 is 1.00 bits per heavy atom. The number of rotatable bonds is 10. The van der Waals surface area contributed by atoms with Crippen LogP contribution in [0.25, 0.3) is 0 Å². The van der Waals surface area contributed by atoms with Crippen molar-refractivity contribution in [2.45, 2.75) is 0 Å². The summed E-state index contributed by atoms with van der Waals surface area (Å²) in [5, 5.41) is 0. The van der Waals surface area contributed by atoms with Crippen LogP contribution in [0.15, 0.2) is 0 Å². The predicted octanol–water partition coefficient (Wildman–Crippen LogP) is -9.96. The van der Waals surface area contributed by atoms with E-state index in [0.29, 0.717) is 0 Å². The first kappa shape index (κ1) is 23.2. The van der Waals surface area contributed by atoms with Gasteiger partial charge >= 0.3 is 59.1 Å². The predicted molar refractivity (Wildman–Crippen MR) is 80.3 cm³/mol. The molecular formula is H3B12Na2S. The third-order valence-corrected chi connectivity index (χ3v) is 1.26. The Bertz CT molecular complexity index is 88.6. The maximum atomic E-state index is 5.13. The van der Waals surface area contributed by atoms with Crippen LogP contribution < -0.4 is 59.1 Å². The second-order valence-electron chi connectivity index (χ2n) is 2.07. The molecule has 0 spiro atoms. The molecule has 0 unspecified atom stereocenters. The molecule has 0 rings (SSSR count). The number of thiol groups is 1. The molecule has 0 N–H and O–H groups in total. The van der Waals surface area contributed by atoms with Gasteiger partial charge in [0.1, 0.15) is 6.45 Å². The third-order valence-electron chi connectivity index (χ3n) is 1.09. The first-order chi connectivity index (χ1) is 6.41. The molecule has 0 saturated heterocycles. The second kappa shape index (κ2) is 22.3. The Kier molecular flexibility index (Phi) is 34.6. The average Bonchev–Trinajstić information content (AvgIpc) is 2.16. The molecule has 0 nitrogen and oxygen atoms in total. The van der Waals surface area contributed by atoms with Gasteiger partial charge in [0.15, 0.2) is 0 Å². The van der Waals surface area contributed by atoms with Crippen molar-refractivity contribution in [1.29, 1.82) is 0 Å². The first-order valence-corrected chi connectivity index (χ1v) is 4.44. The van der Waals surface area contributed by atoms with Crippen LogP contribution in [0.4, 0.5) is 0 Å². The maximum Gasteiger partial charge on any atom is 1.00 e. The van der Waals surface area contributed by atoms with Crippen molar-refractivity contribution in [2.24, 2.45) is 0 Å². The molecule has 0 aliphatic rings. The van der Waals surface area contributed by atoms with E-state index in [0.717, 1.165) is 0 Å². The molecule has 0 heterocycles. The standard InChI is InChI=1S/B12HS.2Na.2H/c1-2-3-4-5-6-7-8-9-10-11-12-13;;;;/h13H;;;;/q;2*+1;2*-1. The van der Waals surface area contributed by atoms with Crippen LogP contribution >= 0.6 is 12.5 Å². The minimum atomic E-state index is 0. The molecule has 0 aliphatic heterocycles. The molecule has 0 saturated carbocycles. The van der Waals surface area contributed by atoms with Gasteiger partial charge in [-0.15, -0.1) is 0 Å². The van der Waals surface area contributed by atoms with Gasteiger partial charge in [0.05, 0.1) is 0 Å². The third kappa shape index (κ3) is 22.7. The van der Waals surface area contributed by atoms with Gasteiger partial charge in [-0.25, -0.2) is 12.5 Å². The van der Waals surface area contributed by atoms with E-state index >= 15 is 0 Å². The molecule has 0 aromatic heterocycles. The van der Waals surface area contributed by atoms with E-state index in [2.05, 4.69) is 12.5 Å². The van der Waals surface area contributed by atoms with Crippen LogP contribution in [0.1, 0.15) is 2.85 Å². The molecule has 0 bridgehead atoms. The average molecular weight is 211 g/mol. The Hall–Kier alpha value is 3.13. The topological polar surface area (TPSA) is 0 Å². The van der Waals surface area contributed by atoms with Crippen molar-refractivity contribution >= 4 is 97.3 Å². The van der Waals surface area contributed by atoms with Crippen molar-refractivity contribution in [3.63, 3.8) is 0 Å². The monoisotopic (exact) mass is 213 g/mol. The zero-order valence-electron chi connectivity index (χ0n) is 11.4. The normalized spacial score (nSPS) is 6.20. The van der Waals surface area contributed by atoms with Gasteiger partial charge in [-0.2, -0.15) is 0 Å². The van der Waals surface area contributed by atoms with Gasteiger partial charge in [0, 0.05) is 78.3 Å². The molecule has 47 valence electrons. The van der Waals surface area contributed by atoms with Crippen LogP contribution in [0.5, 0.6) is 0 Å². The van der Waals surface area contributed by atoms with Gasteiger partial charge in [0.2, 0.25) is 0 Å². The molecule has 0 aromatic carbocycles. The Labute approximate surface area is 157 Å². The Morgan fingerprint density at radius 3 is 1.33 bits per heavy atom. The van der Waals surface area contributed by atoms with E-state index < -0.39 is 0 Å². The van der Waals surface area contributed by atoms with Crippen molar-refractivity contribution in [3.8, 4) is 0 Å².